The Bertz CT molecular complexity index is 160. The van der Waals surface area contributed by atoms with Crippen LogP contribution in [-0.2, 0) is 4.79 Å². The highest BCUT2D eigenvalue weighted by atomic mass is 35.5. The molecule has 0 aromatic carbocycles. The Morgan fingerprint density at radius 3 is 2.54 bits per heavy atom. The van der Waals surface area contributed by atoms with Crippen LogP contribution in [0.25, 0.3) is 0 Å². The quantitative estimate of drug-likeness (QED) is 0.747. The molecule has 0 aromatic heterocycles. The number of halogens is 1. The van der Waals surface area contributed by atoms with Gasteiger partial charge in [0.25, 0.3) is 0 Å². The van der Waals surface area contributed by atoms with Crippen molar-refractivity contribution in [2.75, 3.05) is 20.1 Å². The first-order valence-corrected chi connectivity index (χ1v) is 4.70. The van der Waals surface area contributed by atoms with Crippen LogP contribution in [0.15, 0.2) is 0 Å². The lowest BCUT2D eigenvalue weighted by Gasteiger charge is -2.29. The topological polar surface area (TPSA) is 46.3 Å². The number of nitrogens with zero attached hydrogens (tertiary/aromatic N) is 1. The van der Waals surface area contributed by atoms with Crippen LogP contribution in [0.4, 0.5) is 0 Å². The Morgan fingerprint density at radius 2 is 2.15 bits per heavy atom. The van der Waals surface area contributed by atoms with Crippen molar-refractivity contribution in [2.24, 2.45) is 11.7 Å². The van der Waals surface area contributed by atoms with E-state index >= 15 is 0 Å². The molecule has 78 valence electrons. The Balaban J connectivity index is 0.00000144. The zero-order valence-corrected chi connectivity index (χ0v) is 8.98. The van der Waals surface area contributed by atoms with Crippen LogP contribution in [0.1, 0.15) is 25.7 Å². The second-order valence-electron chi connectivity index (χ2n) is 3.53. The van der Waals surface area contributed by atoms with Crippen LogP contribution in [0, 0.1) is 5.92 Å². The smallest absolute Gasteiger partial charge is 0.225 e. The molecule has 1 amide bonds. The van der Waals surface area contributed by atoms with Gasteiger partial charge in [0, 0.05) is 19.5 Å². The highest BCUT2D eigenvalue weighted by Crippen LogP contribution is 2.27. The van der Waals surface area contributed by atoms with E-state index in [-0.39, 0.29) is 12.4 Å². The molecular formula is C9H19ClN2O. The van der Waals surface area contributed by atoms with Crippen molar-refractivity contribution in [2.45, 2.75) is 25.7 Å². The zero-order valence-electron chi connectivity index (χ0n) is 8.16. The fourth-order valence-corrected chi connectivity index (χ4v) is 1.41. The first-order valence-electron chi connectivity index (χ1n) is 4.70. The summed E-state index contributed by atoms with van der Waals surface area (Å²) >= 11 is 0. The summed E-state index contributed by atoms with van der Waals surface area (Å²) in [6, 6.07) is 0. The van der Waals surface area contributed by atoms with E-state index in [0.717, 1.165) is 25.8 Å². The highest BCUT2D eigenvalue weighted by Gasteiger charge is 2.27. The maximum absolute atomic E-state index is 11.5. The van der Waals surface area contributed by atoms with Crippen molar-refractivity contribution in [3.8, 4) is 0 Å². The number of rotatable bonds is 4. The van der Waals surface area contributed by atoms with Crippen LogP contribution >= 0.6 is 12.4 Å². The van der Waals surface area contributed by atoms with Gasteiger partial charge in [-0.05, 0) is 25.8 Å². The lowest BCUT2D eigenvalue weighted by molar-refractivity contribution is -0.136. The second kappa shape index (κ2) is 6.22. The van der Waals surface area contributed by atoms with Gasteiger partial charge in [-0.1, -0.05) is 6.42 Å². The van der Waals surface area contributed by atoms with Crippen LogP contribution in [-0.4, -0.2) is 30.9 Å². The van der Waals surface area contributed by atoms with E-state index in [1.54, 1.807) is 0 Å². The van der Waals surface area contributed by atoms with Gasteiger partial charge in [-0.2, -0.15) is 0 Å². The van der Waals surface area contributed by atoms with Crippen molar-refractivity contribution < 1.29 is 4.79 Å². The van der Waals surface area contributed by atoms with Crippen molar-refractivity contribution >= 4 is 18.3 Å². The van der Waals surface area contributed by atoms with Crippen molar-refractivity contribution in [3.63, 3.8) is 0 Å². The minimum atomic E-state index is 0. The van der Waals surface area contributed by atoms with E-state index in [1.807, 2.05) is 11.9 Å². The standard InChI is InChI=1S/C9H18N2O.ClH/c1-11(7-3-6-10)9(12)8-4-2-5-8;/h8H,2-7,10H2,1H3;1H. The van der Waals surface area contributed by atoms with E-state index in [1.165, 1.54) is 6.42 Å². The molecule has 4 heteroatoms. The largest absolute Gasteiger partial charge is 0.345 e. The molecule has 1 aliphatic carbocycles. The van der Waals surface area contributed by atoms with E-state index in [2.05, 4.69) is 0 Å². The van der Waals surface area contributed by atoms with Gasteiger partial charge in [-0.25, -0.2) is 0 Å². The van der Waals surface area contributed by atoms with Gasteiger partial charge in [0.15, 0.2) is 0 Å². The minimum absolute atomic E-state index is 0. The molecule has 1 rings (SSSR count). The summed E-state index contributed by atoms with van der Waals surface area (Å²) < 4.78 is 0. The number of carbonyl (C=O) groups excluding carboxylic acids is 1. The lowest BCUT2D eigenvalue weighted by atomic mass is 9.84. The molecule has 0 saturated heterocycles. The molecular weight excluding hydrogens is 188 g/mol. The fraction of sp³-hybridized carbons (Fsp3) is 0.889. The first kappa shape index (κ1) is 12.7. The molecule has 0 radical (unpaired) electrons. The third kappa shape index (κ3) is 3.53. The average Bonchev–Trinajstić information content (AvgIpc) is 1.96. The Labute approximate surface area is 86.1 Å². The molecule has 0 spiro atoms. The van der Waals surface area contributed by atoms with Crippen LogP contribution in [0.2, 0.25) is 0 Å². The first-order chi connectivity index (χ1) is 5.75. The van der Waals surface area contributed by atoms with Gasteiger partial charge < -0.3 is 10.6 Å². The van der Waals surface area contributed by atoms with Gasteiger partial charge in [0.2, 0.25) is 5.91 Å². The number of hydrogen-bond donors (Lipinski definition) is 1. The van der Waals surface area contributed by atoms with E-state index in [0.29, 0.717) is 18.4 Å². The van der Waals surface area contributed by atoms with Crippen molar-refractivity contribution in [1.29, 1.82) is 0 Å². The molecule has 1 aliphatic rings. The molecule has 0 atom stereocenters. The predicted octanol–water partition coefficient (Wildman–Crippen LogP) is 1.02. The van der Waals surface area contributed by atoms with Gasteiger partial charge >= 0.3 is 0 Å². The molecule has 2 N–H and O–H groups in total. The SMILES string of the molecule is CN(CCCN)C(=O)C1CCC1.Cl. The van der Waals surface area contributed by atoms with Gasteiger partial charge in [-0.3, -0.25) is 4.79 Å². The van der Waals surface area contributed by atoms with Crippen LogP contribution < -0.4 is 5.73 Å². The molecule has 0 aromatic rings. The summed E-state index contributed by atoms with van der Waals surface area (Å²) in [4.78, 5) is 13.3. The maximum Gasteiger partial charge on any atom is 0.225 e. The summed E-state index contributed by atoms with van der Waals surface area (Å²) in [6.07, 6.45) is 4.31. The molecule has 0 bridgehead atoms. The molecule has 3 nitrogen and oxygen atoms in total. The molecule has 1 fully saturated rings. The van der Waals surface area contributed by atoms with Crippen LogP contribution in [0.5, 0.6) is 0 Å². The summed E-state index contributed by atoms with van der Waals surface area (Å²) in [5, 5.41) is 0. The second-order valence-corrected chi connectivity index (χ2v) is 3.53. The number of amides is 1. The molecule has 0 heterocycles. The summed E-state index contributed by atoms with van der Waals surface area (Å²) in [5.74, 6) is 0.641. The van der Waals surface area contributed by atoms with Gasteiger partial charge in [0.1, 0.15) is 0 Å². The van der Waals surface area contributed by atoms with E-state index in [4.69, 9.17) is 5.73 Å². The third-order valence-corrected chi connectivity index (χ3v) is 2.53. The summed E-state index contributed by atoms with van der Waals surface area (Å²) in [6.45, 7) is 1.48. The highest BCUT2D eigenvalue weighted by molar-refractivity contribution is 5.85. The predicted molar refractivity (Wildman–Crippen MR) is 55.9 cm³/mol. The van der Waals surface area contributed by atoms with Crippen LogP contribution in [0.3, 0.4) is 0 Å². The van der Waals surface area contributed by atoms with Crippen molar-refractivity contribution in [3.05, 3.63) is 0 Å². The Morgan fingerprint density at radius 1 is 1.54 bits per heavy atom. The fourth-order valence-electron chi connectivity index (χ4n) is 1.41. The van der Waals surface area contributed by atoms with Gasteiger partial charge in [0.05, 0.1) is 0 Å². The average molecular weight is 207 g/mol. The number of nitrogens with two attached hydrogens (primary N) is 1. The summed E-state index contributed by atoms with van der Waals surface area (Å²) in [5.41, 5.74) is 5.36. The maximum atomic E-state index is 11.5. The normalized spacial score (nSPS) is 15.8. The minimum Gasteiger partial charge on any atom is -0.345 e. The third-order valence-electron chi connectivity index (χ3n) is 2.53. The lowest BCUT2D eigenvalue weighted by Crippen LogP contribution is -2.37. The molecule has 0 unspecified atom stereocenters. The monoisotopic (exact) mass is 206 g/mol. The molecule has 0 aliphatic heterocycles. The van der Waals surface area contributed by atoms with E-state index < -0.39 is 0 Å². The number of hydrogen-bond acceptors (Lipinski definition) is 2. The molecule has 13 heavy (non-hydrogen) atoms. The van der Waals surface area contributed by atoms with E-state index in [9.17, 15) is 4.79 Å². The molecule has 1 saturated carbocycles. The Hall–Kier alpha value is -0.280. The summed E-state index contributed by atoms with van der Waals surface area (Å²) in [7, 11) is 1.87. The zero-order chi connectivity index (χ0) is 8.97. The number of carbonyl (C=O) groups is 1. The van der Waals surface area contributed by atoms with Gasteiger partial charge in [-0.15, -0.1) is 12.4 Å². The van der Waals surface area contributed by atoms with Crippen molar-refractivity contribution in [1.82, 2.24) is 4.90 Å². The Kier molecular flexibility index (Phi) is 6.08.